The molecule has 0 heterocycles. The van der Waals surface area contributed by atoms with Crippen LogP contribution in [0.4, 0.5) is 0 Å². The second-order valence-corrected chi connectivity index (χ2v) is 5.02. The molecule has 0 fully saturated rings. The van der Waals surface area contributed by atoms with E-state index in [2.05, 4.69) is 31.0 Å². The lowest BCUT2D eigenvalue weighted by Crippen LogP contribution is -2.32. The second kappa shape index (κ2) is 11.7. The molecular formula is C12H28N2OS. The lowest BCUT2D eigenvalue weighted by Gasteiger charge is -2.19. The number of hydrogen-bond acceptors (Lipinski definition) is 4. The average molecular weight is 248 g/mol. The van der Waals surface area contributed by atoms with Gasteiger partial charge < -0.3 is 15.3 Å². The topological polar surface area (TPSA) is 35.5 Å². The first-order valence-electron chi connectivity index (χ1n) is 6.42. The van der Waals surface area contributed by atoms with Gasteiger partial charge in [0.25, 0.3) is 0 Å². The maximum absolute atomic E-state index is 8.93. The van der Waals surface area contributed by atoms with Crippen LogP contribution < -0.4 is 5.32 Å². The van der Waals surface area contributed by atoms with Gasteiger partial charge in [-0.25, -0.2) is 0 Å². The third-order valence-corrected chi connectivity index (χ3v) is 3.84. The van der Waals surface area contributed by atoms with Crippen LogP contribution in [0.25, 0.3) is 0 Å². The molecule has 0 spiro atoms. The van der Waals surface area contributed by atoms with Crippen molar-refractivity contribution in [3.63, 3.8) is 0 Å². The van der Waals surface area contributed by atoms with Gasteiger partial charge in [0.15, 0.2) is 0 Å². The standard InChI is InChI=1S/C12H28N2OS/c1-4-13-12(7-9-15)11-16-10-8-14(5-2)6-3/h12-13,15H,4-11H2,1-3H3. The van der Waals surface area contributed by atoms with Gasteiger partial charge in [-0.05, 0) is 26.1 Å². The molecule has 0 bridgehead atoms. The van der Waals surface area contributed by atoms with Crippen LogP contribution in [0.1, 0.15) is 27.2 Å². The Bertz CT molecular complexity index is 137. The molecule has 0 aliphatic rings. The maximum atomic E-state index is 8.93. The SMILES string of the molecule is CCNC(CCO)CSCCN(CC)CC. The molecule has 0 saturated carbocycles. The molecule has 98 valence electrons. The van der Waals surface area contributed by atoms with Crippen molar-refractivity contribution in [2.45, 2.75) is 33.2 Å². The Morgan fingerprint density at radius 3 is 2.44 bits per heavy atom. The van der Waals surface area contributed by atoms with Crippen LogP contribution in [-0.4, -0.2) is 60.3 Å². The molecule has 0 aliphatic heterocycles. The summed E-state index contributed by atoms with van der Waals surface area (Å²) in [4.78, 5) is 2.45. The minimum absolute atomic E-state index is 0.286. The van der Waals surface area contributed by atoms with Gasteiger partial charge in [-0.1, -0.05) is 20.8 Å². The Morgan fingerprint density at radius 2 is 1.94 bits per heavy atom. The summed E-state index contributed by atoms with van der Waals surface area (Å²) < 4.78 is 0. The fourth-order valence-corrected chi connectivity index (χ4v) is 2.77. The quantitative estimate of drug-likeness (QED) is 0.542. The molecule has 2 N–H and O–H groups in total. The average Bonchev–Trinajstić information content (AvgIpc) is 2.30. The Labute approximate surface area is 105 Å². The molecule has 0 radical (unpaired) electrons. The summed E-state index contributed by atoms with van der Waals surface area (Å²) in [5.74, 6) is 2.30. The van der Waals surface area contributed by atoms with Crippen LogP contribution in [0.3, 0.4) is 0 Å². The first-order chi connectivity index (χ1) is 7.78. The minimum Gasteiger partial charge on any atom is -0.396 e. The molecule has 3 nitrogen and oxygen atoms in total. The van der Waals surface area contributed by atoms with E-state index in [1.807, 2.05) is 11.8 Å². The fraction of sp³-hybridized carbons (Fsp3) is 1.00. The zero-order valence-electron chi connectivity index (χ0n) is 11.0. The Hall–Kier alpha value is 0.230. The van der Waals surface area contributed by atoms with Crippen LogP contribution >= 0.6 is 11.8 Å². The first-order valence-corrected chi connectivity index (χ1v) is 7.58. The summed E-state index contributed by atoms with van der Waals surface area (Å²) in [6, 6.07) is 0.469. The van der Waals surface area contributed by atoms with Gasteiger partial charge in [0.2, 0.25) is 0 Å². The van der Waals surface area contributed by atoms with Crippen LogP contribution in [0.5, 0.6) is 0 Å². The molecule has 0 aromatic rings. The van der Waals surface area contributed by atoms with Crippen molar-refractivity contribution in [2.75, 3.05) is 44.3 Å². The van der Waals surface area contributed by atoms with E-state index in [-0.39, 0.29) is 6.61 Å². The zero-order chi connectivity index (χ0) is 12.2. The lowest BCUT2D eigenvalue weighted by molar-refractivity contribution is 0.271. The summed E-state index contributed by atoms with van der Waals surface area (Å²) in [5.41, 5.74) is 0. The molecule has 0 aliphatic carbocycles. The highest BCUT2D eigenvalue weighted by Gasteiger charge is 2.06. The molecule has 4 heteroatoms. The van der Waals surface area contributed by atoms with Gasteiger partial charge >= 0.3 is 0 Å². The minimum atomic E-state index is 0.286. The van der Waals surface area contributed by atoms with Crippen molar-refractivity contribution in [2.24, 2.45) is 0 Å². The number of rotatable bonds is 11. The molecule has 0 saturated heterocycles. The Balaban J connectivity index is 3.52. The number of hydrogen-bond donors (Lipinski definition) is 2. The summed E-state index contributed by atoms with van der Waals surface area (Å²) in [7, 11) is 0. The summed E-state index contributed by atoms with van der Waals surface area (Å²) in [5, 5.41) is 12.3. The number of thioether (sulfide) groups is 1. The molecule has 1 unspecified atom stereocenters. The number of nitrogens with one attached hydrogen (secondary N) is 1. The molecule has 16 heavy (non-hydrogen) atoms. The van der Waals surface area contributed by atoms with E-state index in [9.17, 15) is 0 Å². The van der Waals surface area contributed by atoms with Crippen LogP contribution in [-0.2, 0) is 0 Å². The van der Waals surface area contributed by atoms with Crippen molar-refractivity contribution in [3.8, 4) is 0 Å². The van der Waals surface area contributed by atoms with E-state index in [0.29, 0.717) is 6.04 Å². The molecular weight excluding hydrogens is 220 g/mol. The van der Waals surface area contributed by atoms with Crippen molar-refractivity contribution in [1.82, 2.24) is 10.2 Å². The summed E-state index contributed by atoms with van der Waals surface area (Å²) in [6.45, 7) is 11.3. The van der Waals surface area contributed by atoms with Gasteiger partial charge in [-0.3, -0.25) is 0 Å². The Morgan fingerprint density at radius 1 is 1.25 bits per heavy atom. The van der Waals surface area contributed by atoms with Crippen LogP contribution in [0.2, 0.25) is 0 Å². The van der Waals surface area contributed by atoms with Crippen molar-refractivity contribution >= 4 is 11.8 Å². The maximum Gasteiger partial charge on any atom is 0.0446 e. The van der Waals surface area contributed by atoms with Crippen LogP contribution in [0, 0.1) is 0 Å². The van der Waals surface area contributed by atoms with E-state index in [1.165, 1.54) is 12.3 Å². The third-order valence-electron chi connectivity index (χ3n) is 2.74. The normalized spacial score (nSPS) is 13.3. The van der Waals surface area contributed by atoms with E-state index < -0.39 is 0 Å². The number of nitrogens with zero attached hydrogens (tertiary/aromatic N) is 1. The third kappa shape index (κ3) is 8.39. The molecule has 0 rings (SSSR count). The molecule has 0 amide bonds. The molecule has 1 atom stereocenters. The number of aliphatic hydroxyl groups excluding tert-OH is 1. The number of aliphatic hydroxyl groups is 1. The predicted molar refractivity (Wildman–Crippen MR) is 74.3 cm³/mol. The van der Waals surface area contributed by atoms with Crippen molar-refractivity contribution in [3.05, 3.63) is 0 Å². The van der Waals surface area contributed by atoms with E-state index in [4.69, 9.17) is 5.11 Å². The van der Waals surface area contributed by atoms with E-state index >= 15 is 0 Å². The van der Waals surface area contributed by atoms with Crippen molar-refractivity contribution < 1.29 is 5.11 Å². The molecule has 0 aromatic heterocycles. The second-order valence-electron chi connectivity index (χ2n) is 3.87. The monoisotopic (exact) mass is 248 g/mol. The van der Waals surface area contributed by atoms with Gasteiger partial charge in [0.05, 0.1) is 0 Å². The fourth-order valence-electron chi connectivity index (χ4n) is 1.65. The smallest absolute Gasteiger partial charge is 0.0446 e. The first kappa shape index (κ1) is 16.2. The van der Waals surface area contributed by atoms with Crippen LogP contribution in [0.15, 0.2) is 0 Å². The van der Waals surface area contributed by atoms with Gasteiger partial charge in [-0.15, -0.1) is 0 Å². The highest BCUT2D eigenvalue weighted by molar-refractivity contribution is 7.99. The largest absolute Gasteiger partial charge is 0.396 e. The Kier molecular flexibility index (Phi) is 11.9. The summed E-state index contributed by atoms with van der Waals surface area (Å²) in [6.07, 6.45) is 0.867. The van der Waals surface area contributed by atoms with Gasteiger partial charge in [0.1, 0.15) is 0 Å². The highest BCUT2D eigenvalue weighted by atomic mass is 32.2. The predicted octanol–water partition coefficient (Wildman–Crippen LogP) is 1.42. The van der Waals surface area contributed by atoms with Gasteiger partial charge in [-0.2, -0.15) is 11.8 Å². The lowest BCUT2D eigenvalue weighted by atomic mass is 10.2. The van der Waals surface area contributed by atoms with Crippen molar-refractivity contribution in [1.29, 1.82) is 0 Å². The van der Waals surface area contributed by atoms with E-state index in [0.717, 1.165) is 31.8 Å². The summed E-state index contributed by atoms with van der Waals surface area (Å²) >= 11 is 1.99. The highest BCUT2D eigenvalue weighted by Crippen LogP contribution is 2.06. The molecule has 0 aromatic carbocycles. The van der Waals surface area contributed by atoms with Gasteiger partial charge in [0, 0.05) is 30.7 Å². The van der Waals surface area contributed by atoms with E-state index in [1.54, 1.807) is 0 Å². The zero-order valence-corrected chi connectivity index (χ0v) is 11.9.